The average Bonchev–Trinajstić information content (AvgIpc) is 1.27. The Labute approximate surface area is 526 Å². The van der Waals surface area contributed by atoms with Crippen molar-refractivity contribution in [2.24, 2.45) is 70.5 Å². The van der Waals surface area contributed by atoms with Crippen molar-refractivity contribution in [1.82, 2.24) is 5.32 Å². The summed E-state index contributed by atoms with van der Waals surface area (Å²) in [6.07, 6.45) is 1.60. The van der Waals surface area contributed by atoms with E-state index in [1.807, 2.05) is 41.5 Å². The number of hydrogen-bond acceptors (Lipinski definition) is 25. The molecule has 25 heteroatoms. The zero-order valence-electron chi connectivity index (χ0n) is 54.5. The van der Waals surface area contributed by atoms with Crippen LogP contribution >= 0.6 is 0 Å². The lowest BCUT2D eigenvalue weighted by molar-refractivity contribution is -0.586. The van der Waals surface area contributed by atoms with Crippen LogP contribution in [0.5, 0.6) is 0 Å². The lowest BCUT2D eigenvalue weighted by Crippen LogP contribution is -2.74. The second kappa shape index (κ2) is 24.8. The van der Waals surface area contributed by atoms with Crippen molar-refractivity contribution in [3.8, 4) is 0 Å². The molecule has 15 fully saturated rings. The van der Waals surface area contributed by atoms with E-state index in [1.54, 1.807) is 13.8 Å². The van der Waals surface area contributed by atoms with Crippen molar-refractivity contribution in [2.75, 3.05) is 19.8 Å². The molecule has 90 heavy (non-hydrogen) atoms. The van der Waals surface area contributed by atoms with Gasteiger partial charge in [0.25, 0.3) is 0 Å². The minimum atomic E-state index is -1.59. The highest BCUT2D eigenvalue weighted by molar-refractivity contribution is 5.79. The standard InChI is InChI=1S/C65H97NO24/c1-34(2)66-62(31-73-46(67)17-20-49(70)76-52-38(6)44-15-13-35(3)41-24-28-59(10)82-55(79-52)63(41,44)88-85-59,32-74-47(68)18-21-50(71)77-53-39(7)45-16-14-36(4)42-25-29-60(11)83-56(80-53)64(42,45)89-86-60)33-75-48(69)19-22-51(72)78-54-40(8)58(9)27-23-37(5)43-26-30-61(12)84-57(81-54)65(43,58)90-87-61/h34-45,52-57,66H,13-33H2,1-12H3/t35-,36-,37-,38-,39-,40+,41+,42+,43+,44+,45+,52-,53-,54-,55-,56-,57-,58+,59-,60-,61-,63-,64-,65+/m1/s1. The first-order chi connectivity index (χ1) is 42.6. The van der Waals surface area contributed by atoms with E-state index in [9.17, 15) is 28.8 Å². The van der Waals surface area contributed by atoms with Gasteiger partial charge in [0, 0.05) is 60.3 Å². The van der Waals surface area contributed by atoms with Crippen LogP contribution < -0.4 is 5.32 Å². The van der Waals surface area contributed by atoms with Gasteiger partial charge in [-0.2, -0.15) is 0 Å². The van der Waals surface area contributed by atoms with E-state index in [-0.39, 0.29) is 72.6 Å². The summed E-state index contributed by atoms with van der Waals surface area (Å²) in [4.78, 5) is 119. The maximum absolute atomic E-state index is 13.7. The van der Waals surface area contributed by atoms with Crippen LogP contribution in [-0.2, 0) is 115 Å². The van der Waals surface area contributed by atoms with E-state index in [1.165, 1.54) is 0 Å². The Morgan fingerprint density at radius 2 is 0.811 bits per heavy atom. The summed E-state index contributed by atoms with van der Waals surface area (Å²) in [5, 5.41) is 3.27. The topological polar surface area (TPSA) is 281 Å². The second-order valence-electron chi connectivity index (χ2n) is 30.0. The molecule has 506 valence electrons. The summed E-state index contributed by atoms with van der Waals surface area (Å²) in [6.45, 7) is 22.1. The lowest BCUT2D eigenvalue weighted by Gasteiger charge is -2.65. The van der Waals surface area contributed by atoms with Gasteiger partial charge in [0.2, 0.25) is 36.2 Å². The monoisotopic (exact) mass is 1280 g/mol. The highest BCUT2D eigenvalue weighted by Crippen LogP contribution is 2.67. The molecule has 3 spiro atoms. The van der Waals surface area contributed by atoms with Gasteiger partial charge < -0.3 is 62.2 Å². The molecule has 12 aliphatic heterocycles. The number of nitrogens with one attached hydrogen (secondary N) is 1. The summed E-state index contributed by atoms with van der Waals surface area (Å²) in [7, 11) is 0. The molecule has 0 aromatic carbocycles. The van der Waals surface area contributed by atoms with Crippen LogP contribution in [0.25, 0.3) is 0 Å². The molecule has 0 aromatic rings. The fraction of sp³-hybridized carbons (Fsp3) is 0.908. The fourth-order valence-corrected chi connectivity index (χ4v) is 18.2. The largest absolute Gasteiger partial charge is 0.463 e. The van der Waals surface area contributed by atoms with Crippen LogP contribution in [0.4, 0.5) is 0 Å². The summed E-state index contributed by atoms with van der Waals surface area (Å²) >= 11 is 0. The molecule has 12 heterocycles. The van der Waals surface area contributed by atoms with Crippen molar-refractivity contribution in [3.63, 3.8) is 0 Å². The zero-order chi connectivity index (χ0) is 64.1. The molecule has 1 N–H and O–H groups in total. The van der Waals surface area contributed by atoms with Crippen molar-refractivity contribution in [3.05, 3.63) is 0 Å². The van der Waals surface area contributed by atoms with Gasteiger partial charge in [0.1, 0.15) is 25.4 Å². The number of esters is 6. The molecule has 12 saturated heterocycles. The Bertz CT molecular complexity index is 2600. The molecule has 15 rings (SSSR count). The number of carbonyl (C=O) groups excluding carboxylic acids is 6. The smallest absolute Gasteiger partial charge is 0.308 e. The number of rotatable bonds is 20. The van der Waals surface area contributed by atoms with Crippen molar-refractivity contribution in [1.29, 1.82) is 0 Å². The molecule has 6 bridgehead atoms. The molecule has 3 saturated carbocycles. The molecular weight excluding hydrogens is 1180 g/mol. The molecule has 25 nitrogen and oxygen atoms in total. The van der Waals surface area contributed by atoms with Gasteiger partial charge in [-0.25, -0.2) is 29.3 Å². The molecule has 15 aliphatic rings. The van der Waals surface area contributed by atoms with Crippen molar-refractivity contribution >= 4 is 35.8 Å². The summed E-state index contributed by atoms with van der Waals surface area (Å²) in [5.41, 5.74) is -4.79. The minimum Gasteiger partial charge on any atom is -0.463 e. The quantitative estimate of drug-likeness (QED) is 0.0681. The fourth-order valence-electron chi connectivity index (χ4n) is 18.2. The van der Waals surface area contributed by atoms with Gasteiger partial charge in [-0.1, -0.05) is 62.3 Å². The Kier molecular flexibility index (Phi) is 18.3. The third-order valence-electron chi connectivity index (χ3n) is 23.6. The van der Waals surface area contributed by atoms with E-state index in [0.717, 1.165) is 57.8 Å². The summed E-state index contributed by atoms with van der Waals surface area (Å²) in [6, 6.07) is -0.382. The van der Waals surface area contributed by atoms with Gasteiger partial charge in [-0.15, -0.1) is 0 Å². The predicted molar refractivity (Wildman–Crippen MR) is 305 cm³/mol. The van der Waals surface area contributed by atoms with Crippen molar-refractivity contribution in [2.45, 2.75) is 282 Å². The van der Waals surface area contributed by atoms with Gasteiger partial charge in [-0.3, -0.25) is 28.8 Å². The lowest BCUT2D eigenvalue weighted by atomic mass is 9.50. The van der Waals surface area contributed by atoms with E-state index in [0.29, 0.717) is 37.0 Å². The predicted octanol–water partition coefficient (Wildman–Crippen LogP) is 8.34. The van der Waals surface area contributed by atoms with Gasteiger partial charge in [-0.05, 0) is 114 Å². The van der Waals surface area contributed by atoms with Crippen LogP contribution in [0.15, 0.2) is 0 Å². The Hall–Kier alpha value is -3.70. The molecule has 0 aromatic heterocycles. The number of carbonyl (C=O) groups is 6. The SMILES string of the molecule is CC(C)NC(COC(=O)CCC(=O)O[C@@H]1O[C@@H]2O[C@@]3(C)CC[C@H]4[C@H](C)CC[C@@H]([C@H]1C)[C@@]24OO3)(COC(=O)CCC(=O)O[C@@H]1O[C@@H]2O[C@@]3(C)CC[C@H]4[C@H](C)CC[C@@H]([C@H]1C)[C@@]24OO3)COC(=O)CCC(=O)O[C@@H]1O[C@@H]2O[C@@]3(C)CC[C@H]4[C@H](C)CC[C@@](C)([C@H]1C)[C@@]24OO3. The number of fused-ring (bicyclic) bond motifs is 6. The number of ether oxygens (including phenoxy) is 12. The normalized spacial score (nSPS) is 46.2. The molecule has 0 radical (unpaired) electrons. The molecule has 3 aliphatic carbocycles. The molecule has 0 unspecified atom stereocenters. The Balaban J connectivity index is 0.675. The van der Waals surface area contributed by atoms with E-state index >= 15 is 0 Å². The van der Waals surface area contributed by atoms with Crippen LogP contribution in [0.2, 0.25) is 0 Å². The molecular formula is C65H97NO24. The molecule has 0 amide bonds. The first-order valence-electron chi connectivity index (χ1n) is 33.5. The van der Waals surface area contributed by atoms with E-state index < -0.39 is 158 Å². The minimum absolute atomic E-state index is 0.0797. The van der Waals surface area contributed by atoms with Crippen molar-refractivity contribution < 1.29 is 115 Å². The summed E-state index contributed by atoms with van der Waals surface area (Å²) < 4.78 is 74.0. The van der Waals surface area contributed by atoms with Gasteiger partial charge in [0.15, 0.2) is 35.7 Å². The van der Waals surface area contributed by atoms with E-state index in [2.05, 4.69) is 33.0 Å². The Morgan fingerprint density at radius 3 is 1.26 bits per heavy atom. The maximum atomic E-state index is 13.7. The molecule has 24 atom stereocenters. The third-order valence-corrected chi connectivity index (χ3v) is 23.6. The highest BCUT2D eigenvalue weighted by atomic mass is 17.3. The van der Waals surface area contributed by atoms with E-state index in [4.69, 9.17) is 86.2 Å². The first-order valence-corrected chi connectivity index (χ1v) is 33.5. The number of hydrogen-bond donors (Lipinski definition) is 1. The van der Waals surface area contributed by atoms with Crippen LogP contribution in [0.1, 0.15) is 199 Å². The Morgan fingerprint density at radius 1 is 0.433 bits per heavy atom. The third kappa shape index (κ3) is 11.7. The van der Waals surface area contributed by atoms with Gasteiger partial charge >= 0.3 is 35.8 Å². The summed E-state index contributed by atoms with van der Waals surface area (Å²) in [5.74, 6) is -7.48. The second-order valence-corrected chi connectivity index (χ2v) is 30.0. The van der Waals surface area contributed by atoms with Crippen LogP contribution in [-0.4, -0.2) is 139 Å². The van der Waals surface area contributed by atoms with Gasteiger partial charge in [0.05, 0.1) is 38.5 Å². The highest BCUT2D eigenvalue weighted by Gasteiger charge is 2.76. The maximum Gasteiger partial charge on any atom is 0.308 e. The first kappa shape index (κ1) is 66.3. The van der Waals surface area contributed by atoms with Crippen LogP contribution in [0, 0.1) is 70.5 Å². The van der Waals surface area contributed by atoms with Crippen LogP contribution in [0.3, 0.4) is 0 Å². The zero-order valence-corrected chi connectivity index (χ0v) is 54.5. The average molecular weight is 1280 g/mol.